The van der Waals surface area contributed by atoms with Crippen LogP contribution in [-0.4, -0.2) is 68.1 Å². The molecule has 6 nitrogen and oxygen atoms in total. The molecule has 0 amide bonds. The maximum absolute atomic E-state index is 10.1. The molecule has 2 rings (SSSR count). The number of likely N-dealkylation sites (tertiary alicyclic amines) is 1. The lowest BCUT2D eigenvalue weighted by molar-refractivity contribution is 0.0300. The van der Waals surface area contributed by atoms with Crippen LogP contribution in [0, 0.1) is 11.8 Å². The Morgan fingerprint density at radius 2 is 2.04 bits per heavy atom. The molecule has 158 valence electrons. The van der Waals surface area contributed by atoms with Crippen LogP contribution in [0.3, 0.4) is 0 Å². The van der Waals surface area contributed by atoms with E-state index in [0.29, 0.717) is 38.2 Å². The summed E-state index contributed by atoms with van der Waals surface area (Å²) in [5.41, 5.74) is 1.21. The van der Waals surface area contributed by atoms with Crippen LogP contribution in [0.4, 0.5) is 0 Å². The lowest BCUT2D eigenvalue weighted by atomic mass is 10.1. The van der Waals surface area contributed by atoms with E-state index in [1.165, 1.54) is 5.56 Å². The molecular weight excluding hydrogens is 354 g/mol. The Balaban J connectivity index is 1.73. The van der Waals surface area contributed by atoms with Crippen molar-refractivity contribution in [1.82, 2.24) is 10.2 Å². The van der Waals surface area contributed by atoms with Crippen molar-refractivity contribution in [2.75, 3.05) is 46.0 Å². The van der Waals surface area contributed by atoms with Gasteiger partial charge in [0, 0.05) is 32.2 Å². The first-order chi connectivity index (χ1) is 13.6. The topological polar surface area (TPSA) is 66.3 Å². The molecule has 0 bridgehead atoms. The van der Waals surface area contributed by atoms with Gasteiger partial charge >= 0.3 is 0 Å². The van der Waals surface area contributed by atoms with Crippen molar-refractivity contribution >= 4 is 5.96 Å². The van der Waals surface area contributed by atoms with Crippen LogP contribution >= 0.6 is 0 Å². The van der Waals surface area contributed by atoms with E-state index in [-0.39, 0.29) is 0 Å². The second-order valence-electron chi connectivity index (χ2n) is 7.88. The number of aliphatic hydroxyl groups excluding tert-OH is 1. The van der Waals surface area contributed by atoms with Crippen molar-refractivity contribution in [1.29, 1.82) is 0 Å². The molecule has 1 aromatic carbocycles. The Bertz CT molecular complexity index is 565. The predicted molar refractivity (Wildman–Crippen MR) is 113 cm³/mol. The summed E-state index contributed by atoms with van der Waals surface area (Å²) in [6, 6.07) is 10.3. The van der Waals surface area contributed by atoms with E-state index in [9.17, 15) is 5.11 Å². The fraction of sp³-hybridized carbons (Fsp3) is 0.682. The summed E-state index contributed by atoms with van der Waals surface area (Å²) in [5.74, 6) is 1.85. The summed E-state index contributed by atoms with van der Waals surface area (Å²) in [6.07, 6.45) is 0.527. The number of nitrogens with one attached hydrogen (secondary N) is 1. The number of guanidine groups is 1. The van der Waals surface area contributed by atoms with Gasteiger partial charge in [-0.25, -0.2) is 0 Å². The minimum absolute atomic E-state index is 0.330. The molecular formula is C22H37N3O3. The van der Waals surface area contributed by atoms with E-state index in [1.807, 2.05) is 18.2 Å². The van der Waals surface area contributed by atoms with E-state index < -0.39 is 6.10 Å². The second kappa shape index (κ2) is 12.8. The lowest BCUT2D eigenvalue weighted by Gasteiger charge is -2.22. The maximum atomic E-state index is 10.1. The molecule has 0 radical (unpaired) electrons. The highest BCUT2D eigenvalue weighted by Gasteiger charge is 2.25. The van der Waals surface area contributed by atoms with Crippen LogP contribution in [0.2, 0.25) is 0 Å². The van der Waals surface area contributed by atoms with Gasteiger partial charge in [0.2, 0.25) is 0 Å². The Morgan fingerprint density at radius 3 is 2.75 bits per heavy atom. The van der Waals surface area contributed by atoms with E-state index in [4.69, 9.17) is 9.47 Å². The molecule has 28 heavy (non-hydrogen) atoms. The monoisotopic (exact) mass is 391 g/mol. The van der Waals surface area contributed by atoms with Gasteiger partial charge in [0.15, 0.2) is 5.96 Å². The van der Waals surface area contributed by atoms with Gasteiger partial charge in [0.05, 0.1) is 32.5 Å². The van der Waals surface area contributed by atoms with Gasteiger partial charge in [0.1, 0.15) is 0 Å². The van der Waals surface area contributed by atoms with Gasteiger partial charge in [-0.1, -0.05) is 44.2 Å². The molecule has 6 heteroatoms. The highest BCUT2D eigenvalue weighted by molar-refractivity contribution is 5.80. The molecule has 1 aliphatic heterocycles. The summed E-state index contributed by atoms with van der Waals surface area (Å²) in [7, 11) is 0. The van der Waals surface area contributed by atoms with Crippen LogP contribution in [0.15, 0.2) is 35.3 Å². The zero-order valence-electron chi connectivity index (χ0n) is 17.6. The van der Waals surface area contributed by atoms with E-state index in [1.54, 1.807) is 0 Å². The Labute approximate surface area is 169 Å². The molecule has 0 saturated carbocycles. The van der Waals surface area contributed by atoms with E-state index in [2.05, 4.69) is 48.1 Å². The second-order valence-corrected chi connectivity index (χ2v) is 7.88. The summed E-state index contributed by atoms with van der Waals surface area (Å²) >= 11 is 0. The number of benzene rings is 1. The van der Waals surface area contributed by atoms with Gasteiger partial charge in [0.25, 0.3) is 0 Å². The van der Waals surface area contributed by atoms with Crippen LogP contribution < -0.4 is 5.32 Å². The van der Waals surface area contributed by atoms with Gasteiger partial charge < -0.3 is 24.8 Å². The zero-order chi connectivity index (χ0) is 20.2. The van der Waals surface area contributed by atoms with Crippen LogP contribution in [0.5, 0.6) is 0 Å². The Kier molecular flexibility index (Phi) is 10.3. The molecule has 2 N–H and O–H groups in total. The molecule has 0 spiro atoms. The molecule has 2 unspecified atom stereocenters. The van der Waals surface area contributed by atoms with Crippen molar-refractivity contribution < 1.29 is 14.6 Å². The fourth-order valence-corrected chi connectivity index (χ4v) is 3.19. The first kappa shape index (κ1) is 22.7. The fourth-order valence-electron chi connectivity index (χ4n) is 3.19. The van der Waals surface area contributed by atoms with Crippen LogP contribution in [-0.2, 0) is 16.1 Å². The number of hydrogen-bond donors (Lipinski definition) is 2. The Morgan fingerprint density at radius 1 is 1.25 bits per heavy atom. The molecule has 2 atom stereocenters. The van der Waals surface area contributed by atoms with Crippen molar-refractivity contribution in [3.8, 4) is 0 Å². The number of nitrogens with zero attached hydrogens (tertiary/aromatic N) is 2. The quantitative estimate of drug-likeness (QED) is 0.448. The highest BCUT2D eigenvalue weighted by Crippen LogP contribution is 2.17. The van der Waals surface area contributed by atoms with Gasteiger partial charge in [-0.2, -0.15) is 0 Å². The van der Waals surface area contributed by atoms with E-state index in [0.717, 1.165) is 38.6 Å². The molecule has 1 aromatic rings. The number of ether oxygens (including phenoxy) is 2. The number of hydrogen-bond acceptors (Lipinski definition) is 4. The standard InChI is InChI=1S/C22H37N3O3/c1-4-23-22(24-12-21(26)17-27-14-18(2)3)25-11-10-20(13-25)16-28-15-19-8-6-5-7-9-19/h5-9,18,20-21,26H,4,10-17H2,1-3H3,(H,23,24). The third-order valence-corrected chi connectivity index (χ3v) is 4.60. The van der Waals surface area contributed by atoms with Crippen molar-refractivity contribution in [3.05, 3.63) is 35.9 Å². The third kappa shape index (κ3) is 8.59. The summed E-state index contributed by atoms with van der Waals surface area (Å²) in [4.78, 5) is 6.88. The van der Waals surface area contributed by atoms with Crippen molar-refractivity contribution in [3.63, 3.8) is 0 Å². The SMILES string of the molecule is CCNC(=NCC(O)COCC(C)C)N1CCC(COCc2ccccc2)C1. The maximum Gasteiger partial charge on any atom is 0.194 e. The number of aliphatic hydroxyl groups is 1. The summed E-state index contributed by atoms with van der Waals surface area (Å²) < 4.78 is 11.4. The van der Waals surface area contributed by atoms with Crippen LogP contribution in [0.25, 0.3) is 0 Å². The number of aliphatic imine (C=N–C) groups is 1. The minimum atomic E-state index is -0.569. The predicted octanol–water partition coefficient (Wildman–Crippen LogP) is 2.52. The molecule has 1 fully saturated rings. The van der Waals surface area contributed by atoms with Gasteiger partial charge in [-0.15, -0.1) is 0 Å². The minimum Gasteiger partial charge on any atom is -0.389 e. The largest absolute Gasteiger partial charge is 0.389 e. The zero-order valence-corrected chi connectivity index (χ0v) is 17.6. The van der Waals surface area contributed by atoms with Gasteiger partial charge in [-0.05, 0) is 24.8 Å². The van der Waals surface area contributed by atoms with Gasteiger partial charge in [-0.3, -0.25) is 4.99 Å². The smallest absolute Gasteiger partial charge is 0.194 e. The molecule has 1 aliphatic rings. The normalized spacial score (nSPS) is 18.7. The molecule has 0 aromatic heterocycles. The average Bonchev–Trinajstić information content (AvgIpc) is 3.14. The van der Waals surface area contributed by atoms with Crippen molar-refractivity contribution in [2.24, 2.45) is 16.8 Å². The Hall–Kier alpha value is -1.63. The molecule has 1 saturated heterocycles. The number of rotatable bonds is 11. The average molecular weight is 392 g/mol. The molecule has 0 aliphatic carbocycles. The summed E-state index contributed by atoms with van der Waals surface area (Å²) in [6.45, 7) is 11.7. The first-order valence-electron chi connectivity index (χ1n) is 10.5. The first-order valence-corrected chi connectivity index (χ1v) is 10.5. The third-order valence-electron chi connectivity index (χ3n) is 4.60. The van der Waals surface area contributed by atoms with E-state index >= 15 is 0 Å². The highest BCUT2D eigenvalue weighted by atomic mass is 16.5. The lowest BCUT2D eigenvalue weighted by Crippen LogP contribution is -2.41. The van der Waals surface area contributed by atoms with Crippen LogP contribution in [0.1, 0.15) is 32.8 Å². The summed E-state index contributed by atoms with van der Waals surface area (Å²) in [5, 5.41) is 13.4. The van der Waals surface area contributed by atoms with Crippen molar-refractivity contribution in [2.45, 2.75) is 39.9 Å². The molecule has 1 heterocycles.